The van der Waals surface area contributed by atoms with Gasteiger partial charge in [-0.25, -0.2) is 0 Å². The van der Waals surface area contributed by atoms with Gasteiger partial charge in [-0.2, -0.15) is 0 Å². The summed E-state index contributed by atoms with van der Waals surface area (Å²) >= 11 is 0. The molecular weight excluding hydrogens is 222 g/mol. The van der Waals surface area contributed by atoms with Crippen molar-refractivity contribution < 1.29 is 4.74 Å². The Bertz CT molecular complexity index is 389. The highest BCUT2D eigenvalue weighted by Crippen LogP contribution is 2.32. The lowest BCUT2D eigenvalue weighted by Gasteiger charge is -2.27. The lowest BCUT2D eigenvalue weighted by molar-refractivity contribution is 0.217. The summed E-state index contributed by atoms with van der Waals surface area (Å²) in [6, 6.07) is 7.15. The SMILES string of the molecule is CCNC1CCCc2cc(OC(C)CC)ccc21. The van der Waals surface area contributed by atoms with E-state index in [9.17, 15) is 0 Å². The van der Waals surface area contributed by atoms with Crippen LogP contribution in [0.4, 0.5) is 0 Å². The second kappa shape index (κ2) is 6.24. The van der Waals surface area contributed by atoms with E-state index in [1.54, 1.807) is 0 Å². The van der Waals surface area contributed by atoms with Gasteiger partial charge in [-0.3, -0.25) is 0 Å². The quantitative estimate of drug-likeness (QED) is 0.853. The summed E-state index contributed by atoms with van der Waals surface area (Å²) in [6.07, 6.45) is 5.08. The second-order valence-corrected chi connectivity index (χ2v) is 5.20. The number of nitrogens with one attached hydrogen (secondary N) is 1. The van der Waals surface area contributed by atoms with Gasteiger partial charge in [-0.05, 0) is 62.4 Å². The molecule has 0 aliphatic heterocycles. The van der Waals surface area contributed by atoms with Gasteiger partial charge in [0.1, 0.15) is 5.75 Å². The van der Waals surface area contributed by atoms with E-state index in [1.165, 1.54) is 30.4 Å². The third-order valence-electron chi connectivity index (χ3n) is 3.79. The molecule has 2 atom stereocenters. The van der Waals surface area contributed by atoms with Crippen LogP contribution in [0.15, 0.2) is 18.2 Å². The molecule has 0 spiro atoms. The molecule has 0 radical (unpaired) electrons. The minimum atomic E-state index is 0.302. The molecule has 0 heterocycles. The van der Waals surface area contributed by atoms with E-state index < -0.39 is 0 Å². The smallest absolute Gasteiger partial charge is 0.119 e. The third kappa shape index (κ3) is 3.05. The van der Waals surface area contributed by atoms with Crippen molar-refractivity contribution in [1.29, 1.82) is 0 Å². The van der Waals surface area contributed by atoms with Crippen molar-refractivity contribution in [2.24, 2.45) is 0 Å². The molecule has 0 saturated carbocycles. The Morgan fingerprint density at radius 1 is 1.39 bits per heavy atom. The zero-order valence-electron chi connectivity index (χ0n) is 11.8. The van der Waals surface area contributed by atoms with Crippen LogP contribution in [0.25, 0.3) is 0 Å². The van der Waals surface area contributed by atoms with Crippen LogP contribution in [-0.4, -0.2) is 12.6 Å². The van der Waals surface area contributed by atoms with Crippen molar-refractivity contribution in [3.63, 3.8) is 0 Å². The fourth-order valence-corrected chi connectivity index (χ4v) is 2.64. The van der Waals surface area contributed by atoms with Crippen LogP contribution in [0.3, 0.4) is 0 Å². The van der Waals surface area contributed by atoms with Crippen LogP contribution in [0, 0.1) is 0 Å². The van der Waals surface area contributed by atoms with E-state index in [4.69, 9.17) is 4.74 Å². The van der Waals surface area contributed by atoms with Gasteiger partial charge < -0.3 is 10.1 Å². The van der Waals surface area contributed by atoms with Crippen molar-refractivity contribution in [2.45, 2.75) is 58.6 Å². The Morgan fingerprint density at radius 2 is 2.22 bits per heavy atom. The fraction of sp³-hybridized carbons (Fsp3) is 0.625. The van der Waals surface area contributed by atoms with Crippen LogP contribution < -0.4 is 10.1 Å². The molecule has 100 valence electrons. The standard InChI is InChI=1S/C16H25NO/c1-4-12(3)18-14-9-10-15-13(11-14)7-6-8-16(15)17-5-2/h9-12,16-17H,4-8H2,1-3H3. The third-order valence-corrected chi connectivity index (χ3v) is 3.79. The number of aryl methyl sites for hydroxylation is 1. The molecule has 1 aromatic carbocycles. The number of fused-ring (bicyclic) bond motifs is 1. The first-order chi connectivity index (χ1) is 8.74. The number of hydrogen-bond donors (Lipinski definition) is 1. The number of rotatable bonds is 5. The maximum absolute atomic E-state index is 5.90. The first-order valence-corrected chi connectivity index (χ1v) is 7.27. The molecule has 2 unspecified atom stereocenters. The topological polar surface area (TPSA) is 21.3 Å². The molecule has 1 aliphatic rings. The number of hydrogen-bond acceptors (Lipinski definition) is 2. The number of benzene rings is 1. The van der Waals surface area contributed by atoms with Gasteiger partial charge in [0.2, 0.25) is 0 Å². The fourth-order valence-electron chi connectivity index (χ4n) is 2.64. The lowest BCUT2D eigenvalue weighted by atomic mass is 9.87. The molecule has 2 rings (SSSR count). The van der Waals surface area contributed by atoms with E-state index in [0.29, 0.717) is 12.1 Å². The molecule has 0 fully saturated rings. The van der Waals surface area contributed by atoms with Crippen molar-refractivity contribution in [1.82, 2.24) is 5.32 Å². The van der Waals surface area contributed by atoms with Gasteiger partial charge in [0.05, 0.1) is 6.10 Å². The summed E-state index contributed by atoms with van der Waals surface area (Å²) in [7, 11) is 0. The Morgan fingerprint density at radius 3 is 2.94 bits per heavy atom. The first-order valence-electron chi connectivity index (χ1n) is 7.27. The van der Waals surface area contributed by atoms with Gasteiger partial charge in [-0.1, -0.05) is 19.9 Å². The summed E-state index contributed by atoms with van der Waals surface area (Å²) in [6.45, 7) is 7.50. The van der Waals surface area contributed by atoms with Gasteiger partial charge in [-0.15, -0.1) is 0 Å². The molecule has 0 aromatic heterocycles. The predicted octanol–water partition coefficient (Wildman–Crippen LogP) is 3.85. The summed E-state index contributed by atoms with van der Waals surface area (Å²) in [5, 5.41) is 3.57. The minimum Gasteiger partial charge on any atom is -0.491 e. The van der Waals surface area contributed by atoms with Gasteiger partial charge in [0, 0.05) is 6.04 Å². The highest BCUT2D eigenvalue weighted by Gasteiger charge is 2.19. The summed E-state index contributed by atoms with van der Waals surface area (Å²) in [5.74, 6) is 1.03. The van der Waals surface area contributed by atoms with Gasteiger partial charge in [0.25, 0.3) is 0 Å². The van der Waals surface area contributed by atoms with Crippen molar-refractivity contribution in [3.05, 3.63) is 29.3 Å². The maximum Gasteiger partial charge on any atom is 0.119 e. The highest BCUT2D eigenvalue weighted by molar-refractivity contribution is 5.39. The van der Waals surface area contributed by atoms with E-state index in [2.05, 4.69) is 44.3 Å². The monoisotopic (exact) mass is 247 g/mol. The normalized spacial score (nSPS) is 20.3. The van der Waals surface area contributed by atoms with Crippen LogP contribution >= 0.6 is 0 Å². The van der Waals surface area contributed by atoms with Crippen molar-refractivity contribution in [3.8, 4) is 5.75 Å². The molecule has 0 saturated heterocycles. The molecule has 18 heavy (non-hydrogen) atoms. The van der Waals surface area contributed by atoms with E-state index in [-0.39, 0.29) is 0 Å². The Kier molecular flexibility index (Phi) is 4.65. The summed E-state index contributed by atoms with van der Waals surface area (Å²) in [5.41, 5.74) is 2.94. The van der Waals surface area contributed by atoms with Gasteiger partial charge >= 0.3 is 0 Å². The largest absolute Gasteiger partial charge is 0.491 e. The molecule has 2 heteroatoms. The molecule has 0 bridgehead atoms. The zero-order chi connectivity index (χ0) is 13.0. The maximum atomic E-state index is 5.90. The summed E-state index contributed by atoms with van der Waals surface area (Å²) in [4.78, 5) is 0. The van der Waals surface area contributed by atoms with Crippen molar-refractivity contribution >= 4 is 0 Å². The van der Waals surface area contributed by atoms with Crippen LogP contribution in [-0.2, 0) is 6.42 Å². The molecule has 2 nitrogen and oxygen atoms in total. The Hall–Kier alpha value is -1.02. The average molecular weight is 247 g/mol. The molecule has 1 aromatic rings. The molecule has 1 N–H and O–H groups in total. The van der Waals surface area contributed by atoms with Crippen LogP contribution in [0.1, 0.15) is 57.2 Å². The van der Waals surface area contributed by atoms with Crippen LogP contribution in [0.2, 0.25) is 0 Å². The van der Waals surface area contributed by atoms with E-state index >= 15 is 0 Å². The molecule has 1 aliphatic carbocycles. The Balaban J connectivity index is 2.16. The van der Waals surface area contributed by atoms with E-state index in [1.807, 2.05) is 0 Å². The average Bonchev–Trinajstić information content (AvgIpc) is 2.39. The van der Waals surface area contributed by atoms with Gasteiger partial charge in [0.15, 0.2) is 0 Å². The summed E-state index contributed by atoms with van der Waals surface area (Å²) < 4.78 is 5.90. The minimum absolute atomic E-state index is 0.302. The molecule has 0 amide bonds. The van der Waals surface area contributed by atoms with E-state index in [0.717, 1.165) is 18.7 Å². The van der Waals surface area contributed by atoms with Crippen LogP contribution in [0.5, 0.6) is 5.75 Å². The first kappa shape index (κ1) is 13.4. The van der Waals surface area contributed by atoms with Crippen molar-refractivity contribution in [2.75, 3.05) is 6.54 Å². The lowest BCUT2D eigenvalue weighted by Crippen LogP contribution is -2.25. The predicted molar refractivity (Wildman–Crippen MR) is 76.2 cm³/mol. The zero-order valence-corrected chi connectivity index (χ0v) is 11.8. The highest BCUT2D eigenvalue weighted by atomic mass is 16.5. The second-order valence-electron chi connectivity index (χ2n) is 5.20. The molecular formula is C16H25NO. The number of ether oxygens (including phenoxy) is 1. The Labute approximate surface area is 111 Å².